The normalized spacial score (nSPS) is 27.7. The third-order valence-corrected chi connectivity index (χ3v) is 2.70. The fourth-order valence-electron chi connectivity index (χ4n) is 1.80. The van der Waals surface area contributed by atoms with E-state index in [4.69, 9.17) is 9.84 Å². The lowest BCUT2D eigenvalue weighted by atomic mass is 10.2. The minimum atomic E-state index is -1.74. The molecule has 1 aliphatic heterocycles. The van der Waals surface area contributed by atoms with Gasteiger partial charge in [0.25, 0.3) is 5.56 Å². The van der Waals surface area contributed by atoms with Gasteiger partial charge in [-0.25, -0.2) is 9.36 Å². The van der Waals surface area contributed by atoms with Crippen molar-refractivity contribution in [2.75, 3.05) is 6.61 Å². The lowest BCUT2D eigenvalue weighted by Gasteiger charge is -2.15. The number of aliphatic hydroxyl groups is 2. The minimum absolute atomic E-state index is 0.201. The van der Waals surface area contributed by atoms with Crippen LogP contribution in [0.1, 0.15) is 12.6 Å². The Hall–Kier alpha value is -1.58. The summed E-state index contributed by atoms with van der Waals surface area (Å²) in [5.74, 6) is -3.40. The van der Waals surface area contributed by atoms with Gasteiger partial charge in [0, 0.05) is 6.42 Å². The maximum absolute atomic E-state index is 13.5. The van der Waals surface area contributed by atoms with Gasteiger partial charge in [0.05, 0.1) is 12.7 Å². The summed E-state index contributed by atoms with van der Waals surface area (Å²) in [6.07, 6.45) is -3.58. The van der Waals surface area contributed by atoms with Crippen molar-refractivity contribution in [1.82, 2.24) is 9.55 Å². The van der Waals surface area contributed by atoms with Gasteiger partial charge in [-0.2, -0.15) is 8.78 Å². The Morgan fingerprint density at radius 3 is 2.67 bits per heavy atom. The first kappa shape index (κ1) is 12.9. The van der Waals surface area contributed by atoms with Crippen molar-refractivity contribution in [3.8, 4) is 0 Å². The highest BCUT2D eigenvalue weighted by Gasteiger charge is 2.36. The van der Waals surface area contributed by atoms with Crippen LogP contribution in [0, 0.1) is 11.8 Å². The Morgan fingerprint density at radius 1 is 1.44 bits per heavy atom. The lowest BCUT2D eigenvalue weighted by molar-refractivity contribution is -0.0500. The second kappa shape index (κ2) is 4.59. The zero-order valence-corrected chi connectivity index (χ0v) is 8.97. The van der Waals surface area contributed by atoms with Gasteiger partial charge in [0.2, 0.25) is 11.8 Å². The summed E-state index contributed by atoms with van der Waals surface area (Å²) >= 11 is 0. The summed E-state index contributed by atoms with van der Waals surface area (Å²) in [6, 6.07) is 0. The average molecular weight is 264 g/mol. The molecule has 0 amide bonds. The van der Waals surface area contributed by atoms with Crippen LogP contribution in [0.15, 0.2) is 9.59 Å². The number of ether oxygens (including phenoxy) is 1. The van der Waals surface area contributed by atoms with E-state index >= 15 is 0 Å². The lowest BCUT2D eigenvalue weighted by Crippen LogP contribution is -2.37. The van der Waals surface area contributed by atoms with Gasteiger partial charge < -0.3 is 14.9 Å². The number of hydrogen-bond acceptors (Lipinski definition) is 5. The number of aliphatic hydroxyl groups excluding tert-OH is 2. The molecule has 1 fully saturated rings. The second-order valence-corrected chi connectivity index (χ2v) is 3.85. The molecule has 2 rings (SSSR count). The van der Waals surface area contributed by atoms with E-state index in [9.17, 15) is 23.5 Å². The Balaban J connectivity index is 2.45. The average Bonchev–Trinajstić information content (AvgIpc) is 2.67. The van der Waals surface area contributed by atoms with E-state index in [0.717, 1.165) is 0 Å². The van der Waals surface area contributed by atoms with Crippen LogP contribution >= 0.6 is 0 Å². The van der Waals surface area contributed by atoms with E-state index in [0.29, 0.717) is 0 Å². The quantitative estimate of drug-likeness (QED) is 0.561. The molecule has 100 valence electrons. The van der Waals surface area contributed by atoms with Crippen LogP contribution in [0.4, 0.5) is 8.78 Å². The van der Waals surface area contributed by atoms with Gasteiger partial charge in [-0.05, 0) is 0 Å². The maximum atomic E-state index is 13.5. The molecule has 0 spiro atoms. The van der Waals surface area contributed by atoms with Gasteiger partial charge in [-0.3, -0.25) is 9.78 Å². The molecule has 9 heteroatoms. The first-order valence-electron chi connectivity index (χ1n) is 5.10. The largest absolute Gasteiger partial charge is 0.394 e. The molecule has 0 saturated carbocycles. The van der Waals surface area contributed by atoms with Crippen molar-refractivity contribution in [3.63, 3.8) is 0 Å². The SMILES string of the molecule is O=c1[nH]c(=O)n([C@H]2C[C@H](O)[C@@H](CO)O2)c(F)c1F. The Bertz CT molecular complexity index is 569. The zero-order valence-electron chi connectivity index (χ0n) is 8.97. The van der Waals surface area contributed by atoms with Crippen LogP contribution in [0.3, 0.4) is 0 Å². The molecule has 1 aromatic heterocycles. The highest BCUT2D eigenvalue weighted by atomic mass is 19.2. The highest BCUT2D eigenvalue weighted by molar-refractivity contribution is 4.94. The van der Waals surface area contributed by atoms with Gasteiger partial charge in [-0.1, -0.05) is 0 Å². The number of hydrogen-bond donors (Lipinski definition) is 3. The molecule has 0 bridgehead atoms. The number of aromatic nitrogens is 2. The van der Waals surface area contributed by atoms with Crippen LogP contribution in [-0.4, -0.2) is 38.6 Å². The molecule has 0 aromatic carbocycles. The monoisotopic (exact) mass is 264 g/mol. The number of H-pyrrole nitrogens is 1. The Morgan fingerprint density at radius 2 is 2.11 bits per heavy atom. The smallest absolute Gasteiger partial charge is 0.332 e. The van der Waals surface area contributed by atoms with Crippen molar-refractivity contribution in [2.45, 2.75) is 24.9 Å². The van der Waals surface area contributed by atoms with Crippen molar-refractivity contribution in [3.05, 3.63) is 32.6 Å². The van der Waals surface area contributed by atoms with Crippen molar-refractivity contribution < 1.29 is 23.7 Å². The first-order chi connectivity index (χ1) is 8.45. The second-order valence-electron chi connectivity index (χ2n) is 3.85. The standard InChI is InChI=1S/C9H10F2N2O5/c10-6-7(11)13(9(17)12-8(6)16)5-1-3(15)4(2-14)18-5/h3-5,14-15H,1-2H2,(H,12,16,17)/t3-,4+,5+/m0/s1. The summed E-state index contributed by atoms with van der Waals surface area (Å²) in [4.78, 5) is 23.8. The molecule has 1 aliphatic rings. The van der Waals surface area contributed by atoms with Crippen LogP contribution in [0.25, 0.3) is 0 Å². The molecular weight excluding hydrogens is 254 g/mol. The topological polar surface area (TPSA) is 105 Å². The maximum Gasteiger partial charge on any atom is 0.332 e. The molecular formula is C9H10F2N2O5. The number of halogens is 2. The fourth-order valence-corrected chi connectivity index (χ4v) is 1.80. The fraction of sp³-hybridized carbons (Fsp3) is 0.556. The molecule has 3 N–H and O–H groups in total. The summed E-state index contributed by atoms with van der Waals surface area (Å²) in [5, 5.41) is 18.3. The molecule has 7 nitrogen and oxygen atoms in total. The van der Waals surface area contributed by atoms with Gasteiger partial charge in [0.15, 0.2) is 0 Å². The van der Waals surface area contributed by atoms with E-state index in [-0.39, 0.29) is 11.0 Å². The third kappa shape index (κ3) is 1.96. The van der Waals surface area contributed by atoms with Crippen LogP contribution in [-0.2, 0) is 4.74 Å². The molecule has 18 heavy (non-hydrogen) atoms. The predicted molar refractivity (Wildman–Crippen MR) is 52.9 cm³/mol. The minimum Gasteiger partial charge on any atom is -0.394 e. The van der Waals surface area contributed by atoms with Crippen LogP contribution in [0.5, 0.6) is 0 Å². The number of nitrogens with one attached hydrogen (secondary N) is 1. The van der Waals surface area contributed by atoms with E-state index in [2.05, 4.69) is 0 Å². The summed E-state index contributed by atoms with van der Waals surface area (Å²) in [7, 11) is 0. The third-order valence-electron chi connectivity index (χ3n) is 2.70. The van der Waals surface area contributed by atoms with Crippen molar-refractivity contribution >= 4 is 0 Å². The Labute approximate surface area is 98.3 Å². The van der Waals surface area contributed by atoms with E-state index < -0.39 is 48.1 Å². The number of nitrogens with zero attached hydrogens (tertiary/aromatic N) is 1. The van der Waals surface area contributed by atoms with Crippen molar-refractivity contribution in [1.29, 1.82) is 0 Å². The van der Waals surface area contributed by atoms with E-state index in [1.54, 1.807) is 4.98 Å². The molecule has 0 unspecified atom stereocenters. The molecule has 0 aliphatic carbocycles. The molecule has 0 radical (unpaired) electrons. The summed E-state index contributed by atoms with van der Waals surface area (Å²) in [6.45, 7) is -0.528. The van der Waals surface area contributed by atoms with Crippen LogP contribution < -0.4 is 11.2 Å². The van der Waals surface area contributed by atoms with E-state index in [1.807, 2.05) is 0 Å². The molecule has 2 heterocycles. The van der Waals surface area contributed by atoms with Crippen molar-refractivity contribution in [2.24, 2.45) is 0 Å². The van der Waals surface area contributed by atoms with Gasteiger partial charge >= 0.3 is 5.69 Å². The summed E-state index contributed by atoms with van der Waals surface area (Å²) < 4.78 is 31.8. The summed E-state index contributed by atoms with van der Waals surface area (Å²) in [5.41, 5.74) is -2.65. The Kier molecular flexibility index (Phi) is 3.28. The van der Waals surface area contributed by atoms with Gasteiger partial charge in [-0.15, -0.1) is 0 Å². The van der Waals surface area contributed by atoms with Gasteiger partial charge in [0.1, 0.15) is 12.3 Å². The van der Waals surface area contributed by atoms with E-state index in [1.165, 1.54) is 0 Å². The zero-order chi connectivity index (χ0) is 13.4. The predicted octanol–water partition coefficient (Wildman–Crippen LogP) is -1.54. The van der Waals surface area contributed by atoms with Crippen LogP contribution in [0.2, 0.25) is 0 Å². The molecule has 1 aromatic rings. The highest BCUT2D eigenvalue weighted by Crippen LogP contribution is 2.27. The number of aromatic amines is 1. The molecule has 3 atom stereocenters. The first-order valence-corrected chi connectivity index (χ1v) is 5.10. The number of rotatable bonds is 2. The molecule has 1 saturated heterocycles.